The predicted molar refractivity (Wildman–Crippen MR) is 94.4 cm³/mol. The van der Waals surface area contributed by atoms with Crippen molar-refractivity contribution in [3.8, 4) is 0 Å². The Labute approximate surface area is 151 Å². The lowest BCUT2D eigenvalue weighted by atomic mass is 10.1. The van der Waals surface area contributed by atoms with E-state index >= 15 is 0 Å². The third kappa shape index (κ3) is 3.47. The Kier molecular flexibility index (Phi) is 4.82. The second kappa shape index (κ2) is 7.23. The van der Waals surface area contributed by atoms with Crippen molar-refractivity contribution in [3.05, 3.63) is 33.0 Å². The molecule has 1 amide bonds. The second-order valence-electron chi connectivity index (χ2n) is 6.64. The summed E-state index contributed by atoms with van der Waals surface area (Å²) in [5.74, 6) is 0.0698. The molecule has 0 aliphatic carbocycles. The summed E-state index contributed by atoms with van der Waals surface area (Å²) in [6.07, 6.45) is 5.07. The van der Waals surface area contributed by atoms with Crippen LogP contribution in [-0.4, -0.2) is 57.6 Å². The molecule has 2 aromatic heterocycles. The number of carbonyl (C=O) groups is 1. The lowest BCUT2D eigenvalue weighted by molar-refractivity contribution is 0.0737. The van der Waals surface area contributed by atoms with Crippen molar-refractivity contribution in [2.24, 2.45) is 0 Å². The predicted octanol–water partition coefficient (Wildman–Crippen LogP) is 1.81. The molecule has 4 heterocycles. The number of fused-ring (bicyclic) bond motifs is 1. The van der Waals surface area contributed by atoms with E-state index in [1.165, 1.54) is 24.2 Å². The molecule has 25 heavy (non-hydrogen) atoms. The third-order valence-electron chi connectivity index (χ3n) is 4.91. The highest BCUT2D eigenvalue weighted by Gasteiger charge is 2.27. The molecular weight excluding hydrogens is 338 g/mol. The topological polar surface area (TPSA) is 74.3 Å². The zero-order valence-electron chi connectivity index (χ0n) is 14.5. The number of hydrogen-bond acceptors (Lipinski definition) is 6. The Morgan fingerprint density at radius 2 is 2.20 bits per heavy atom. The fourth-order valence-electron chi connectivity index (χ4n) is 3.55. The van der Waals surface area contributed by atoms with Gasteiger partial charge in [-0.15, -0.1) is 11.3 Å². The highest BCUT2D eigenvalue weighted by molar-refractivity contribution is 7.13. The van der Waals surface area contributed by atoms with Gasteiger partial charge in [-0.2, -0.15) is 5.10 Å². The fourth-order valence-corrected chi connectivity index (χ4v) is 4.48. The van der Waals surface area contributed by atoms with Crippen LogP contribution in [0.15, 0.2) is 6.20 Å². The Morgan fingerprint density at radius 3 is 3.00 bits per heavy atom. The van der Waals surface area contributed by atoms with Crippen LogP contribution >= 0.6 is 11.3 Å². The molecule has 0 saturated carbocycles. The molecule has 1 saturated heterocycles. The van der Waals surface area contributed by atoms with E-state index < -0.39 is 0 Å². The number of ether oxygens (including phenoxy) is 1. The van der Waals surface area contributed by atoms with Crippen molar-refractivity contribution in [1.29, 1.82) is 0 Å². The van der Waals surface area contributed by atoms with Crippen LogP contribution in [0.2, 0.25) is 0 Å². The number of thiazole rings is 1. The molecule has 0 radical (unpaired) electrons. The highest BCUT2D eigenvalue weighted by Crippen LogP contribution is 2.25. The SMILES string of the molecule is COCc1n[nH]c2c1CN(C(=O)c1cnc(CN3CCCC3)s1)CC2. The quantitative estimate of drug-likeness (QED) is 0.879. The summed E-state index contributed by atoms with van der Waals surface area (Å²) in [7, 11) is 1.66. The molecule has 0 bridgehead atoms. The van der Waals surface area contributed by atoms with Crippen LogP contribution in [0.25, 0.3) is 0 Å². The van der Waals surface area contributed by atoms with Gasteiger partial charge >= 0.3 is 0 Å². The van der Waals surface area contributed by atoms with Gasteiger partial charge in [0.25, 0.3) is 5.91 Å². The number of aromatic amines is 1. The van der Waals surface area contributed by atoms with Crippen LogP contribution in [0, 0.1) is 0 Å². The first-order valence-electron chi connectivity index (χ1n) is 8.75. The Balaban J connectivity index is 1.44. The van der Waals surface area contributed by atoms with Crippen molar-refractivity contribution in [1.82, 2.24) is 25.0 Å². The van der Waals surface area contributed by atoms with Crippen molar-refractivity contribution in [2.75, 3.05) is 26.7 Å². The van der Waals surface area contributed by atoms with E-state index in [-0.39, 0.29) is 5.91 Å². The minimum atomic E-state index is 0.0698. The van der Waals surface area contributed by atoms with Crippen molar-refractivity contribution < 1.29 is 9.53 Å². The molecule has 0 aromatic carbocycles. The van der Waals surface area contributed by atoms with Crippen LogP contribution in [0.5, 0.6) is 0 Å². The van der Waals surface area contributed by atoms with E-state index in [2.05, 4.69) is 20.1 Å². The number of H-pyrrole nitrogens is 1. The number of methoxy groups -OCH3 is 1. The van der Waals surface area contributed by atoms with Crippen molar-refractivity contribution in [3.63, 3.8) is 0 Å². The maximum Gasteiger partial charge on any atom is 0.265 e. The second-order valence-corrected chi connectivity index (χ2v) is 7.75. The molecule has 134 valence electrons. The molecule has 0 atom stereocenters. The molecule has 1 N–H and O–H groups in total. The summed E-state index contributed by atoms with van der Waals surface area (Å²) in [5.41, 5.74) is 3.12. The van der Waals surface area contributed by atoms with E-state index in [1.54, 1.807) is 13.3 Å². The maximum absolute atomic E-state index is 12.9. The number of aromatic nitrogens is 3. The number of amides is 1. The number of nitrogens with zero attached hydrogens (tertiary/aromatic N) is 4. The van der Waals surface area contributed by atoms with E-state index in [0.717, 1.165) is 52.9 Å². The summed E-state index contributed by atoms with van der Waals surface area (Å²) in [6.45, 7) is 4.90. The van der Waals surface area contributed by atoms with Gasteiger partial charge in [0.05, 0.1) is 25.0 Å². The molecule has 7 nitrogen and oxygen atoms in total. The minimum Gasteiger partial charge on any atom is -0.378 e. The molecule has 2 aromatic rings. The van der Waals surface area contributed by atoms with Crippen molar-refractivity contribution in [2.45, 2.75) is 39.0 Å². The average Bonchev–Trinajstić information content (AvgIpc) is 3.36. The number of hydrogen-bond donors (Lipinski definition) is 1. The molecule has 2 aliphatic rings. The average molecular weight is 361 g/mol. The maximum atomic E-state index is 12.9. The summed E-state index contributed by atoms with van der Waals surface area (Å²) >= 11 is 1.53. The smallest absolute Gasteiger partial charge is 0.265 e. The normalized spacial score (nSPS) is 17.9. The van der Waals surface area contributed by atoms with Crippen LogP contribution in [0.4, 0.5) is 0 Å². The largest absolute Gasteiger partial charge is 0.378 e. The number of nitrogens with one attached hydrogen (secondary N) is 1. The van der Waals surface area contributed by atoms with Crippen LogP contribution < -0.4 is 0 Å². The molecule has 1 fully saturated rings. The number of rotatable bonds is 5. The summed E-state index contributed by atoms with van der Waals surface area (Å²) in [6, 6.07) is 0. The fraction of sp³-hybridized carbons (Fsp3) is 0.588. The van der Waals surface area contributed by atoms with Gasteiger partial charge in [0.1, 0.15) is 9.88 Å². The van der Waals surface area contributed by atoms with Crippen LogP contribution in [-0.2, 0) is 30.9 Å². The van der Waals surface area contributed by atoms with Crippen molar-refractivity contribution >= 4 is 17.2 Å². The van der Waals surface area contributed by atoms with E-state index in [4.69, 9.17) is 4.74 Å². The molecule has 8 heteroatoms. The van der Waals surface area contributed by atoms with Crippen LogP contribution in [0.3, 0.4) is 0 Å². The van der Waals surface area contributed by atoms with Gasteiger partial charge in [-0.05, 0) is 25.9 Å². The van der Waals surface area contributed by atoms with E-state index in [0.29, 0.717) is 19.7 Å². The highest BCUT2D eigenvalue weighted by atomic mass is 32.1. The zero-order valence-corrected chi connectivity index (χ0v) is 15.3. The first-order valence-corrected chi connectivity index (χ1v) is 9.56. The van der Waals surface area contributed by atoms with Crippen LogP contribution in [0.1, 0.15) is 44.5 Å². The number of carbonyl (C=O) groups excluding carboxylic acids is 1. The van der Waals surface area contributed by atoms with E-state index in [1.807, 2.05) is 4.90 Å². The van der Waals surface area contributed by atoms with E-state index in [9.17, 15) is 4.79 Å². The van der Waals surface area contributed by atoms with Gasteiger partial charge in [0.15, 0.2) is 0 Å². The number of likely N-dealkylation sites (tertiary alicyclic amines) is 1. The lowest BCUT2D eigenvalue weighted by Crippen LogP contribution is -2.35. The molecule has 4 rings (SSSR count). The molecule has 2 aliphatic heterocycles. The van der Waals surface area contributed by atoms with Gasteiger partial charge in [0, 0.05) is 37.9 Å². The Bertz CT molecular complexity index is 750. The zero-order chi connectivity index (χ0) is 17.2. The third-order valence-corrected chi connectivity index (χ3v) is 5.88. The summed E-state index contributed by atoms with van der Waals surface area (Å²) in [5, 5.41) is 8.42. The lowest BCUT2D eigenvalue weighted by Gasteiger charge is -2.26. The minimum absolute atomic E-state index is 0.0698. The van der Waals surface area contributed by atoms with Gasteiger partial charge in [0.2, 0.25) is 0 Å². The van der Waals surface area contributed by atoms with Gasteiger partial charge < -0.3 is 9.64 Å². The molecule has 0 unspecified atom stereocenters. The Hall–Kier alpha value is -1.77. The monoisotopic (exact) mass is 361 g/mol. The first kappa shape index (κ1) is 16.7. The van der Waals surface area contributed by atoms with Gasteiger partial charge in [-0.3, -0.25) is 14.8 Å². The van der Waals surface area contributed by atoms with Gasteiger partial charge in [-0.1, -0.05) is 0 Å². The summed E-state index contributed by atoms with van der Waals surface area (Å²) < 4.78 is 5.20. The van der Waals surface area contributed by atoms with Gasteiger partial charge in [-0.25, -0.2) is 4.98 Å². The standard InChI is InChI=1S/C17H23N5O2S/c1-24-11-14-12-9-22(7-4-13(12)19-20-14)17(23)15-8-18-16(25-15)10-21-5-2-3-6-21/h8H,2-7,9-11H2,1H3,(H,19,20). The molecule has 0 spiro atoms. The summed E-state index contributed by atoms with van der Waals surface area (Å²) in [4.78, 5) is 22.4. The first-order chi connectivity index (χ1) is 12.2. The molecular formula is C17H23N5O2S. The Morgan fingerprint density at radius 1 is 1.36 bits per heavy atom.